The molecule has 3 nitrogen and oxygen atoms in total. The molecule has 0 amide bonds. The van der Waals surface area contributed by atoms with E-state index < -0.39 is 0 Å². The Kier molecular flexibility index (Phi) is 2.35. The van der Waals surface area contributed by atoms with Crippen LogP contribution in [0.4, 0.5) is 0 Å². The zero-order chi connectivity index (χ0) is 11.1. The summed E-state index contributed by atoms with van der Waals surface area (Å²) in [4.78, 5) is 0. The van der Waals surface area contributed by atoms with Crippen molar-refractivity contribution >= 4 is 0 Å². The highest BCUT2D eigenvalue weighted by atomic mass is 16.7. The van der Waals surface area contributed by atoms with Gasteiger partial charge in [-0.25, -0.2) is 0 Å². The van der Waals surface area contributed by atoms with Crippen molar-refractivity contribution in [3.05, 3.63) is 23.3 Å². The zero-order valence-electron chi connectivity index (χ0n) is 9.33. The summed E-state index contributed by atoms with van der Waals surface area (Å²) in [7, 11) is 0. The maximum atomic E-state index is 9.26. The summed E-state index contributed by atoms with van der Waals surface area (Å²) in [5, 5.41) is 9.26. The molecule has 1 aliphatic rings. The van der Waals surface area contributed by atoms with Crippen molar-refractivity contribution in [2.24, 2.45) is 0 Å². The van der Waals surface area contributed by atoms with Crippen LogP contribution in [0.25, 0.3) is 0 Å². The van der Waals surface area contributed by atoms with Crippen LogP contribution in [0.2, 0.25) is 0 Å². The van der Waals surface area contributed by atoms with E-state index in [1.54, 1.807) is 0 Å². The van der Waals surface area contributed by atoms with Crippen molar-refractivity contribution in [3.8, 4) is 11.5 Å². The molecule has 0 aliphatic carbocycles. The number of aliphatic hydroxyl groups is 1. The third kappa shape index (κ3) is 1.79. The van der Waals surface area contributed by atoms with E-state index in [9.17, 15) is 5.11 Å². The molecule has 0 radical (unpaired) electrons. The SMILES string of the molecule is CC(C)(C)c1cc(CO)c2c(c1)OCO2. The molecule has 0 bridgehead atoms. The molecule has 0 saturated carbocycles. The zero-order valence-corrected chi connectivity index (χ0v) is 9.33. The summed E-state index contributed by atoms with van der Waals surface area (Å²) in [6, 6.07) is 3.97. The van der Waals surface area contributed by atoms with Gasteiger partial charge in [0.1, 0.15) is 0 Å². The lowest BCUT2D eigenvalue weighted by Crippen LogP contribution is -2.11. The highest BCUT2D eigenvalue weighted by molar-refractivity contribution is 5.52. The first kappa shape index (κ1) is 10.3. The van der Waals surface area contributed by atoms with E-state index in [4.69, 9.17) is 9.47 Å². The standard InChI is InChI=1S/C12H16O3/c1-12(2,3)9-4-8(6-13)11-10(5-9)14-7-15-11/h4-5,13H,6-7H2,1-3H3. The van der Waals surface area contributed by atoms with Crippen LogP contribution in [0.3, 0.4) is 0 Å². The molecule has 0 spiro atoms. The largest absolute Gasteiger partial charge is 0.454 e. The van der Waals surface area contributed by atoms with Crippen LogP contribution < -0.4 is 9.47 Å². The van der Waals surface area contributed by atoms with Gasteiger partial charge < -0.3 is 14.6 Å². The molecule has 3 heteroatoms. The lowest BCUT2D eigenvalue weighted by molar-refractivity contribution is 0.171. The molecule has 0 fully saturated rings. The summed E-state index contributed by atoms with van der Waals surface area (Å²) in [5.41, 5.74) is 2.00. The number of benzene rings is 1. The van der Waals surface area contributed by atoms with Crippen molar-refractivity contribution in [3.63, 3.8) is 0 Å². The van der Waals surface area contributed by atoms with Gasteiger partial charge in [0.25, 0.3) is 0 Å². The summed E-state index contributed by atoms with van der Waals surface area (Å²) in [6.45, 7) is 6.62. The molecule has 1 N–H and O–H groups in total. The maximum Gasteiger partial charge on any atom is 0.231 e. The van der Waals surface area contributed by atoms with Gasteiger partial charge in [0, 0.05) is 5.56 Å². The van der Waals surface area contributed by atoms with Gasteiger partial charge in [-0.05, 0) is 23.1 Å². The molecule has 15 heavy (non-hydrogen) atoms. The van der Waals surface area contributed by atoms with Crippen molar-refractivity contribution in [1.82, 2.24) is 0 Å². The van der Waals surface area contributed by atoms with E-state index in [1.165, 1.54) is 0 Å². The minimum atomic E-state index is -0.0182. The van der Waals surface area contributed by atoms with Crippen molar-refractivity contribution < 1.29 is 14.6 Å². The third-order valence-corrected chi connectivity index (χ3v) is 2.59. The fourth-order valence-electron chi connectivity index (χ4n) is 1.63. The van der Waals surface area contributed by atoms with Gasteiger partial charge >= 0.3 is 0 Å². The van der Waals surface area contributed by atoms with Crippen molar-refractivity contribution in [2.75, 3.05) is 6.79 Å². The van der Waals surface area contributed by atoms with Gasteiger partial charge in [-0.1, -0.05) is 20.8 Å². The van der Waals surface area contributed by atoms with E-state index in [1.807, 2.05) is 12.1 Å². The van der Waals surface area contributed by atoms with Gasteiger partial charge in [-0.2, -0.15) is 0 Å². The minimum absolute atomic E-state index is 0.0182. The summed E-state index contributed by atoms with van der Waals surface area (Å²) in [6.07, 6.45) is 0. The van der Waals surface area contributed by atoms with E-state index >= 15 is 0 Å². The first-order valence-electron chi connectivity index (χ1n) is 5.06. The third-order valence-electron chi connectivity index (χ3n) is 2.59. The van der Waals surface area contributed by atoms with Crippen LogP contribution in [0.5, 0.6) is 11.5 Å². The van der Waals surface area contributed by atoms with E-state index in [0.717, 1.165) is 16.9 Å². The number of ether oxygens (including phenoxy) is 2. The Morgan fingerprint density at radius 3 is 2.60 bits per heavy atom. The second-order valence-electron chi connectivity index (χ2n) is 4.78. The van der Waals surface area contributed by atoms with Crippen molar-refractivity contribution in [2.45, 2.75) is 32.8 Å². The molecule has 0 saturated heterocycles. The molecule has 1 aromatic carbocycles. The van der Waals surface area contributed by atoms with Gasteiger partial charge in [0.2, 0.25) is 6.79 Å². The Hall–Kier alpha value is -1.22. The Bertz CT molecular complexity index is 377. The van der Waals surface area contributed by atoms with Gasteiger partial charge in [-0.15, -0.1) is 0 Å². The smallest absolute Gasteiger partial charge is 0.231 e. The van der Waals surface area contributed by atoms with E-state index in [2.05, 4.69) is 20.8 Å². The molecule has 2 rings (SSSR count). The molecule has 1 heterocycles. The number of hydrogen-bond donors (Lipinski definition) is 1. The van der Waals surface area contributed by atoms with Crippen LogP contribution in [0.1, 0.15) is 31.9 Å². The van der Waals surface area contributed by atoms with Gasteiger partial charge in [0.15, 0.2) is 11.5 Å². The molecule has 0 aromatic heterocycles. The Morgan fingerprint density at radius 2 is 2.00 bits per heavy atom. The van der Waals surface area contributed by atoms with Crippen LogP contribution in [0, 0.1) is 0 Å². The maximum absolute atomic E-state index is 9.26. The Balaban J connectivity index is 2.53. The molecule has 0 atom stereocenters. The highest BCUT2D eigenvalue weighted by Gasteiger charge is 2.23. The Morgan fingerprint density at radius 1 is 1.27 bits per heavy atom. The topological polar surface area (TPSA) is 38.7 Å². The number of rotatable bonds is 1. The number of hydrogen-bond acceptors (Lipinski definition) is 3. The summed E-state index contributed by atoms with van der Waals surface area (Å²) < 4.78 is 10.6. The van der Waals surface area contributed by atoms with E-state index in [0.29, 0.717) is 5.75 Å². The highest BCUT2D eigenvalue weighted by Crippen LogP contribution is 2.39. The number of aliphatic hydroxyl groups excluding tert-OH is 1. The van der Waals surface area contributed by atoms with Crippen LogP contribution in [-0.4, -0.2) is 11.9 Å². The lowest BCUT2D eigenvalue weighted by atomic mass is 9.86. The fourth-order valence-corrected chi connectivity index (χ4v) is 1.63. The molecule has 0 unspecified atom stereocenters. The monoisotopic (exact) mass is 208 g/mol. The fraction of sp³-hybridized carbons (Fsp3) is 0.500. The second-order valence-corrected chi connectivity index (χ2v) is 4.78. The van der Waals surface area contributed by atoms with Gasteiger partial charge in [-0.3, -0.25) is 0 Å². The molecular weight excluding hydrogens is 192 g/mol. The van der Waals surface area contributed by atoms with Crippen LogP contribution in [-0.2, 0) is 12.0 Å². The van der Waals surface area contributed by atoms with E-state index in [-0.39, 0.29) is 18.8 Å². The Labute approximate surface area is 89.6 Å². The molecular formula is C12H16O3. The second kappa shape index (κ2) is 3.42. The van der Waals surface area contributed by atoms with Crippen LogP contribution in [0.15, 0.2) is 12.1 Å². The first-order chi connectivity index (χ1) is 7.02. The quantitative estimate of drug-likeness (QED) is 0.769. The average molecular weight is 208 g/mol. The summed E-state index contributed by atoms with van der Waals surface area (Å²) >= 11 is 0. The molecule has 82 valence electrons. The van der Waals surface area contributed by atoms with Gasteiger partial charge in [0.05, 0.1) is 6.61 Å². The summed E-state index contributed by atoms with van der Waals surface area (Å²) in [5.74, 6) is 1.43. The first-order valence-corrected chi connectivity index (χ1v) is 5.06. The average Bonchev–Trinajstić information content (AvgIpc) is 2.62. The predicted octanol–water partition coefficient (Wildman–Crippen LogP) is 2.21. The minimum Gasteiger partial charge on any atom is -0.454 e. The molecule has 1 aliphatic heterocycles. The van der Waals surface area contributed by atoms with Crippen LogP contribution >= 0.6 is 0 Å². The number of fused-ring (bicyclic) bond motifs is 1. The normalized spacial score (nSPS) is 14.4. The molecule has 1 aromatic rings. The van der Waals surface area contributed by atoms with Crippen molar-refractivity contribution in [1.29, 1.82) is 0 Å². The lowest BCUT2D eigenvalue weighted by Gasteiger charge is -2.20. The predicted molar refractivity (Wildman–Crippen MR) is 57.2 cm³/mol.